The second-order valence-corrected chi connectivity index (χ2v) is 7.28. The second-order valence-electron chi connectivity index (χ2n) is 4.75. The van der Waals surface area contributed by atoms with Crippen molar-refractivity contribution in [3.05, 3.63) is 0 Å². The molecule has 1 rings (SSSR count). The fourth-order valence-electron chi connectivity index (χ4n) is 2.57. The highest BCUT2D eigenvalue weighted by Crippen LogP contribution is 2.33. The van der Waals surface area contributed by atoms with E-state index in [9.17, 15) is 8.42 Å². The first-order chi connectivity index (χ1) is 7.00. The van der Waals surface area contributed by atoms with Gasteiger partial charge in [-0.3, -0.25) is 0 Å². The molecule has 3 unspecified atom stereocenters. The molecule has 0 radical (unpaired) electrons. The molecular weight excluding hydrogens is 232 g/mol. The average molecular weight is 253 g/mol. The third kappa shape index (κ3) is 3.63. The Bertz CT molecular complexity index is 287. The van der Waals surface area contributed by atoms with Gasteiger partial charge in [-0.15, -0.1) is 11.6 Å². The zero-order valence-electron chi connectivity index (χ0n) is 9.58. The number of alkyl halides is 1. The lowest BCUT2D eigenvalue weighted by Gasteiger charge is -2.26. The number of halogens is 1. The zero-order valence-corrected chi connectivity index (χ0v) is 11.1. The zero-order chi connectivity index (χ0) is 11.5. The molecule has 1 fully saturated rings. The first kappa shape index (κ1) is 13.3. The predicted octanol–water partition coefficient (Wildman–Crippen LogP) is 2.71. The average Bonchev–Trinajstić information content (AvgIpc) is 2.48. The lowest BCUT2D eigenvalue weighted by atomic mass is 9.81. The monoisotopic (exact) mass is 252 g/mol. The molecule has 15 heavy (non-hydrogen) atoms. The van der Waals surface area contributed by atoms with Crippen molar-refractivity contribution in [2.45, 2.75) is 33.1 Å². The van der Waals surface area contributed by atoms with Crippen molar-refractivity contribution in [3.8, 4) is 0 Å². The summed E-state index contributed by atoms with van der Waals surface area (Å²) in [5, 5.41) is 0. The topological polar surface area (TPSA) is 34.1 Å². The molecule has 0 amide bonds. The Hall–Kier alpha value is 0.240. The molecule has 0 N–H and O–H groups in total. The van der Waals surface area contributed by atoms with Crippen LogP contribution in [0.3, 0.4) is 0 Å². The minimum absolute atomic E-state index is 0.300. The maximum absolute atomic E-state index is 11.4. The molecule has 90 valence electrons. The van der Waals surface area contributed by atoms with Crippen molar-refractivity contribution in [2.75, 3.05) is 17.4 Å². The quantitative estimate of drug-likeness (QED) is 0.705. The fraction of sp³-hybridized carbons (Fsp3) is 1.00. The van der Waals surface area contributed by atoms with E-state index in [0.717, 1.165) is 19.3 Å². The molecule has 0 aromatic heterocycles. The number of sulfone groups is 1. The van der Waals surface area contributed by atoms with E-state index in [1.807, 2.05) is 0 Å². The Kier molecular flexibility index (Phi) is 4.91. The number of hydrogen-bond donors (Lipinski definition) is 0. The van der Waals surface area contributed by atoms with Crippen molar-refractivity contribution in [2.24, 2.45) is 17.8 Å². The van der Waals surface area contributed by atoms with Crippen LogP contribution in [0.2, 0.25) is 0 Å². The van der Waals surface area contributed by atoms with Crippen LogP contribution in [0.4, 0.5) is 0 Å². The SMILES string of the molecule is CCCC(C)C(CCl)C1CCS(=O)(=O)C1. The Labute approximate surface area is 98.3 Å². The van der Waals surface area contributed by atoms with Gasteiger partial charge in [0.05, 0.1) is 11.5 Å². The summed E-state index contributed by atoms with van der Waals surface area (Å²) in [5.41, 5.74) is 0. The van der Waals surface area contributed by atoms with Crippen LogP contribution in [-0.4, -0.2) is 25.8 Å². The molecule has 1 saturated heterocycles. The third-order valence-electron chi connectivity index (χ3n) is 3.53. The van der Waals surface area contributed by atoms with E-state index >= 15 is 0 Å². The van der Waals surface area contributed by atoms with Crippen LogP contribution in [0.1, 0.15) is 33.1 Å². The number of hydrogen-bond acceptors (Lipinski definition) is 2. The van der Waals surface area contributed by atoms with Crippen LogP contribution in [0.15, 0.2) is 0 Å². The normalized spacial score (nSPS) is 28.9. The van der Waals surface area contributed by atoms with E-state index in [2.05, 4.69) is 13.8 Å². The highest BCUT2D eigenvalue weighted by Gasteiger charge is 2.35. The second kappa shape index (κ2) is 5.53. The Morgan fingerprint density at radius 1 is 1.47 bits per heavy atom. The van der Waals surface area contributed by atoms with E-state index in [4.69, 9.17) is 11.6 Å². The van der Waals surface area contributed by atoms with Crippen LogP contribution in [0.5, 0.6) is 0 Å². The molecule has 4 heteroatoms. The highest BCUT2D eigenvalue weighted by atomic mass is 35.5. The first-order valence-corrected chi connectivity index (χ1v) is 8.12. The summed E-state index contributed by atoms with van der Waals surface area (Å²) < 4.78 is 22.8. The summed E-state index contributed by atoms with van der Waals surface area (Å²) in [7, 11) is -2.76. The van der Waals surface area contributed by atoms with E-state index in [1.54, 1.807) is 0 Å². The third-order valence-corrected chi connectivity index (χ3v) is 5.68. The molecule has 1 heterocycles. The molecule has 2 nitrogen and oxygen atoms in total. The van der Waals surface area contributed by atoms with Crippen LogP contribution in [0.25, 0.3) is 0 Å². The minimum Gasteiger partial charge on any atom is -0.229 e. The summed E-state index contributed by atoms with van der Waals surface area (Å²) >= 11 is 5.98. The molecule has 1 aliphatic rings. The van der Waals surface area contributed by atoms with Gasteiger partial charge in [-0.05, 0) is 24.2 Å². The van der Waals surface area contributed by atoms with Crippen molar-refractivity contribution in [1.82, 2.24) is 0 Å². The fourth-order valence-corrected chi connectivity index (χ4v) is 5.02. The van der Waals surface area contributed by atoms with Gasteiger partial charge in [0.25, 0.3) is 0 Å². The summed E-state index contributed by atoms with van der Waals surface area (Å²) in [6.07, 6.45) is 3.11. The van der Waals surface area contributed by atoms with Crippen molar-refractivity contribution >= 4 is 21.4 Å². The molecule has 0 aliphatic carbocycles. The van der Waals surface area contributed by atoms with Crippen LogP contribution < -0.4 is 0 Å². The van der Waals surface area contributed by atoms with E-state index < -0.39 is 9.84 Å². The summed E-state index contributed by atoms with van der Waals surface area (Å²) in [4.78, 5) is 0. The van der Waals surface area contributed by atoms with Gasteiger partial charge in [-0.25, -0.2) is 8.42 Å². The van der Waals surface area contributed by atoms with Crippen LogP contribution >= 0.6 is 11.6 Å². The van der Waals surface area contributed by atoms with Gasteiger partial charge in [-0.2, -0.15) is 0 Å². The molecule has 0 aromatic carbocycles. The minimum atomic E-state index is -2.76. The molecular formula is C11H21ClO2S. The summed E-state index contributed by atoms with van der Waals surface area (Å²) in [6, 6.07) is 0. The Balaban J connectivity index is 2.60. The van der Waals surface area contributed by atoms with E-state index in [0.29, 0.717) is 35.1 Å². The van der Waals surface area contributed by atoms with Gasteiger partial charge >= 0.3 is 0 Å². The molecule has 0 spiro atoms. The van der Waals surface area contributed by atoms with Gasteiger partial charge in [-0.1, -0.05) is 26.7 Å². The molecule has 3 atom stereocenters. The summed E-state index contributed by atoms with van der Waals surface area (Å²) in [6.45, 7) is 4.36. The first-order valence-electron chi connectivity index (χ1n) is 5.76. The predicted molar refractivity (Wildman–Crippen MR) is 65.0 cm³/mol. The largest absolute Gasteiger partial charge is 0.229 e. The number of rotatable bonds is 5. The van der Waals surface area contributed by atoms with Gasteiger partial charge in [0.15, 0.2) is 9.84 Å². The van der Waals surface area contributed by atoms with Crippen molar-refractivity contribution < 1.29 is 8.42 Å². The maximum Gasteiger partial charge on any atom is 0.150 e. The maximum atomic E-state index is 11.4. The lowest BCUT2D eigenvalue weighted by molar-refractivity contribution is 0.273. The summed E-state index contributed by atoms with van der Waals surface area (Å²) in [5.74, 6) is 2.55. The molecule has 0 bridgehead atoms. The molecule has 1 aliphatic heterocycles. The van der Waals surface area contributed by atoms with Gasteiger partial charge in [0.2, 0.25) is 0 Å². The van der Waals surface area contributed by atoms with Crippen molar-refractivity contribution in [3.63, 3.8) is 0 Å². The van der Waals surface area contributed by atoms with Gasteiger partial charge in [0.1, 0.15) is 0 Å². The standard InChI is InChI=1S/C11H21ClO2S/c1-3-4-9(2)11(7-12)10-5-6-15(13,14)8-10/h9-11H,3-8H2,1-2H3. The Morgan fingerprint density at radius 2 is 2.13 bits per heavy atom. The van der Waals surface area contributed by atoms with Crippen molar-refractivity contribution in [1.29, 1.82) is 0 Å². The van der Waals surface area contributed by atoms with E-state index in [-0.39, 0.29) is 0 Å². The molecule has 0 saturated carbocycles. The lowest BCUT2D eigenvalue weighted by Crippen LogP contribution is -2.24. The Morgan fingerprint density at radius 3 is 2.53 bits per heavy atom. The molecule has 0 aromatic rings. The van der Waals surface area contributed by atoms with Crippen LogP contribution in [-0.2, 0) is 9.84 Å². The smallest absolute Gasteiger partial charge is 0.150 e. The van der Waals surface area contributed by atoms with Crippen LogP contribution in [0, 0.1) is 17.8 Å². The van der Waals surface area contributed by atoms with Gasteiger partial charge in [0, 0.05) is 5.88 Å². The van der Waals surface area contributed by atoms with Gasteiger partial charge < -0.3 is 0 Å². The highest BCUT2D eigenvalue weighted by molar-refractivity contribution is 7.91. The van der Waals surface area contributed by atoms with E-state index in [1.165, 1.54) is 0 Å².